The lowest BCUT2D eigenvalue weighted by molar-refractivity contribution is 0.0945. The van der Waals surface area contributed by atoms with Gasteiger partial charge in [-0.1, -0.05) is 5.16 Å². The molecular formula is C21H21FN2O5. The minimum absolute atomic E-state index is 0.147. The van der Waals surface area contributed by atoms with E-state index in [0.29, 0.717) is 41.5 Å². The lowest BCUT2D eigenvalue weighted by Crippen LogP contribution is -2.25. The molecule has 0 saturated carbocycles. The van der Waals surface area contributed by atoms with Crippen LogP contribution in [0.5, 0.6) is 17.2 Å². The number of nitrogens with one attached hydrogen (secondary N) is 1. The number of halogens is 1. The number of carbonyl (C=O) groups is 1. The van der Waals surface area contributed by atoms with Crippen LogP contribution in [0.15, 0.2) is 47.0 Å². The molecule has 3 aromatic rings. The average Bonchev–Trinajstić information content (AvgIpc) is 3.23. The zero-order valence-corrected chi connectivity index (χ0v) is 16.3. The molecule has 29 heavy (non-hydrogen) atoms. The lowest BCUT2D eigenvalue weighted by atomic mass is 10.1. The van der Waals surface area contributed by atoms with Crippen LogP contribution in [0.1, 0.15) is 16.1 Å². The van der Waals surface area contributed by atoms with Crippen molar-refractivity contribution in [2.75, 3.05) is 27.9 Å². The summed E-state index contributed by atoms with van der Waals surface area (Å²) in [7, 11) is 4.64. The highest BCUT2D eigenvalue weighted by Crippen LogP contribution is 2.38. The third-order valence-corrected chi connectivity index (χ3v) is 4.30. The zero-order valence-electron chi connectivity index (χ0n) is 16.3. The smallest absolute Gasteiger partial charge is 0.273 e. The zero-order chi connectivity index (χ0) is 20.8. The number of aromatic nitrogens is 1. The Hall–Kier alpha value is -3.55. The summed E-state index contributed by atoms with van der Waals surface area (Å²) in [6, 6.07) is 10.9. The standard InChI is InChI=1S/C21H21FN2O5/c1-26-18-10-13(11-19(27-2)20(18)28-3)8-9-23-21(25)16-12-17(29-24-16)14-4-6-15(22)7-5-14/h4-7,10-12H,8-9H2,1-3H3,(H,23,25). The minimum Gasteiger partial charge on any atom is -0.493 e. The predicted octanol–water partition coefficient (Wildman–Crippen LogP) is 3.48. The van der Waals surface area contributed by atoms with Gasteiger partial charge in [-0.2, -0.15) is 0 Å². The molecular weight excluding hydrogens is 379 g/mol. The van der Waals surface area contributed by atoms with Gasteiger partial charge in [0, 0.05) is 18.2 Å². The van der Waals surface area contributed by atoms with Crippen molar-refractivity contribution in [3.05, 3.63) is 59.5 Å². The van der Waals surface area contributed by atoms with E-state index < -0.39 is 0 Å². The molecule has 1 amide bonds. The second-order valence-corrected chi connectivity index (χ2v) is 6.12. The number of hydrogen-bond acceptors (Lipinski definition) is 6. The molecule has 0 aliphatic heterocycles. The van der Waals surface area contributed by atoms with Gasteiger partial charge in [-0.25, -0.2) is 4.39 Å². The highest BCUT2D eigenvalue weighted by Gasteiger charge is 2.15. The summed E-state index contributed by atoms with van der Waals surface area (Å²) >= 11 is 0. The quantitative estimate of drug-likeness (QED) is 0.623. The van der Waals surface area contributed by atoms with E-state index in [4.69, 9.17) is 18.7 Å². The van der Waals surface area contributed by atoms with E-state index in [1.165, 1.54) is 18.2 Å². The van der Waals surface area contributed by atoms with Gasteiger partial charge >= 0.3 is 0 Å². The van der Waals surface area contributed by atoms with Crippen LogP contribution in [0, 0.1) is 5.82 Å². The molecule has 1 N–H and O–H groups in total. The number of carbonyl (C=O) groups excluding carboxylic acids is 1. The molecule has 0 saturated heterocycles. The molecule has 0 unspecified atom stereocenters. The van der Waals surface area contributed by atoms with Crippen LogP contribution in [0.3, 0.4) is 0 Å². The lowest BCUT2D eigenvalue weighted by Gasteiger charge is -2.14. The Labute approximate surface area is 167 Å². The summed E-state index contributed by atoms with van der Waals surface area (Å²) in [6.07, 6.45) is 0.547. The molecule has 7 nitrogen and oxygen atoms in total. The van der Waals surface area contributed by atoms with Gasteiger partial charge < -0.3 is 24.1 Å². The summed E-state index contributed by atoms with van der Waals surface area (Å²) in [5.41, 5.74) is 1.69. The van der Waals surface area contributed by atoms with Gasteiger partial charge in [0.1, 0.15) is 5.82 Å². The van der Waals surface area contributed by atoms with Crippen LogP contribution >= 0.6 is 0 Å². The number of ether oxygens (including phenoxy) is 3. The van der Waals surface area contributed by atoms with Crippen molar-refractivity contribution in [2.45, 2.75) is 6.42 Å². The minimum atomic E-state index is -0.366. The summed E-state index contributed by atoms with van der Waals surface area (Å²) in [6.45, 7) is 0.371. The Bertz CT molecular complexity index is 960. The topological polar surface area (TPSA) is 82.8 Å². The number of methoxy groups -OCH3 is 3. The fourth-order valence-corrected chi connectivity index (χ4v) is 2.82. The molecule has 1 aromatic heterocycles. The highest BCUT2D eigenvalue weighted by molar-refractivity contribution is 5.93. The van der Waals surface area contributed by atoms with E-state index in [9.17, 15) is 9.18 Å². The number of hydrogen-bond donors (Lipinski definition) is 1. The molecule has 0 radical (unpaired) electrons. The summed E-state index contributed by atoms with van der Waals surface area (Å²) < 4.78 is 34.2. The van der Waals surface area contributed by atoms with Crippen LogP contribution in [-0.2, 0) is 6.42 Å². The summed E-state index contributed by atoms with van der Waals surface area (Å²) in [4.78, 5) is 12.3. The van der Waals surface area contributed by atoms with Crippen LogP contribution in [0.2, 0.25) is 0 Å². The monoisotopic (exact) mass is 400 g/mol. The maximum atomic E-state index is 13.0. The molecule has 8 heteroatoms. The molecule has 2 aromatic carbocycles. The van der Waals surface area contributed by atoms with Crippen LogP contribution in [-0.4, -0.2) is 38.9 Å². The van der Waals surface area contributed by atoms with Gasteiger partial charge in [0.25, 0.3) is 5.91 Å². The van der Waals surface area contributed by atoms with Crippen molar-refractivity contribution >= 4 is 5.91 Å². The van der Waals surface area contributed by atoms with E-state index in [-0.39, 0.29) is 17.4 Å². The normalized spacial score (nSPS) is 10.5. The van der Waals surface area contributed by atoms with E-state index in [0.717, 1.165) is 5.56 Å². The van der Waals surface area contributed by atoms with Gasteiger partial charge in [0.2, 0.25) is 5.75 Å². The number of nitrogens with zero attached hydrogens (tertiary/aromatic N) is 1. The van der Waals surface area contributed by atoms with Crippen molar-refractivity contribution < 1.29 is 27.9 Å². The number of rotatable bonds is 8. The Morgan fingerprint density at radius 1 is 1.03 bits per heavy atom. The van der Waals surface area contributed by atoms with Gasteiger partial charge in [-0.15, -0.1) is 0 Å². The first-order valence-corrected chi connectivity index (χ1v) is 8.85. The predicted molar refractivity (Wildman–Crippen MR) is 104 cm³/mol. The van der Waals surface area contributed by atoms with Crippen molar-refractivity contribution in [3.63, 3.8) is 0 Å². The molecule has 1 heterocycles. The van der Waals surface area contributed by atoms with Crippen molar-refractivity contribution in [1.29, 1.82) is 0 Å². The molecule has 0 atom stereocenters. The average molecular weight is 400 g/mol. The second-order valence-electron chi connectivity index (χ2n) is 6.12. The van der Waals surface area contributed by atoms with Crippen molar-refractivity contribution in [1.82, 2.24) is 10.5 Å². The van der Waals surface area contributed by atoms with E-state index >= 15 is 0 Å². The Morgan fingerprint density at radius 3 is 2.28 bits per heavy atom. The highest BCUT2D eigenvalue weighted by atomic mass is 19.1. The molecule has 0 fully saturated rings. The van der Waals surface area contributed by atoms with Gasteiger partial charge in [0.05, 0.1) is 21.3 Å². The fraction of sp³-hybridized carbons (Fsp3) is 0.238. The Morgan fingerprint density at radius 2 is 1.69 bits per heavy atom. The first-order chi connectivity index (χ1) is 14.0. The summed E-state index contributed by atoms with van der Waals surface area (Å²) in [5, 5.41) is 6.57. The summed E-state index contributed by atoms with van der Waals surface area (Å²) in [5.74, 6) is 1.29. The Balaban J connectivity index is 1.62. The first-order valence-electron chi connectivity index (χ1n) is 8.85. The third-order valence-electron chi connectivity index (χ3n) is 4.30. The van der Waals surface area contributed by atoms with Crippen molar-refractivity contribution in [3.8, 4) is 28.6 Å². The fourth-order valence-electron chi connectivity index (χ4n) is 2.82. The molecule has 3 rings (SSSR count). The molecule has 152 valence electrons. The van der Waals surface area contributed by atoms with Crippen molar-refractivity contribution in [2.24, 2.45) is 0 Å². The van der Waals surface area contributed by atoms with Gasteiger partial charge in [-0.3, -0.25) is 4.79 Å². The van der Waals surface area contributed by atoms with Gasteiger partial charge in [0.15, 0.2) is 23.0 Å². The maximum Gasteiger partial charge on any atom is 0.273 e. The number of benzene rings is 2. The van der Waals surface area contributed by atoms with E-state index in [1.807, 2.05) is 12.1 Å². The number of amides is 1. The van der Waals surface area contributed by atoms with Crippen LogP contribution < -0.4 is 19.5 Å². The molecule has 0 aliphatic carbocycles. The molecule has 0 aliphatic rings. The molecule has 0 bridgehead atoms. The third kappa shape index (κ3) is 4.66. The maximum absolute atomic E-state index is 13.0. The SMILES string of the molecule is COc1cc(CCNC(=O)c2cc(-c3ccc(F)cc3)on2)cc(OC)c1OC. The molecule has 0 spiro atoms. The van der Waals surface area contributed by atoms with E-state index in [2.05, 4.69) is 10.5 Å². The second kappa shape index (κ2) is 9.09. The van der Waals surface area contributed by atoms with Crippen LogP contribution in [0.4, 0.5) is 4.39 Å². The van der Waals surface area contributed by atoms with Gasteiger partial charge in [-0.05, 0) is 48.4 Å². The van der Waals surface area contributed by atoms with Crippen LogP contribution in [0.25, 0.3) is 11.3 Å². The first kappa shape index (κ1) is 20.2. The van der Waals surface area contributed by atoms with E-state index in [1.54, 1.807) is 33.5 Å². The largest absolute Gasteiger partial charge is 0.493 e. The Kier molecular flexibility index (Phi) is 6.33.